The maximum atomic E-state index is 11.7. The van der Waals surface area contributed by atoms with Gasteiger partial charge < -0.3 is 14.8 Å². The molecule has 0 aliphatic carbocycles. The topological polar surface area (TPSA) is 47.6 Å². The van der Waals surface area contributed by atoms with Crippen LogP contribution in [0.4, 0.5) is 0 Å². The van der Waals surface area contributed by atoms with E-state index in [2.05, 4.69) is 21.2 Å². The molecule has 0 radical (unpaired) electrons. The minimum atomic E-state index is 0.100. The van der Waals surface area contributed by atoms with E-state index in [0.29, 0.717) is 13.0 Å². The summed E-state index contributed by atoms with van der Waals surface area (Å²) in [6, 6.07) is 0.108. The zero-order valence-electron chi connectivity index (χ0n) is 10.4. The Hall–Kier alpha value is -0.130. The molecule has 2 atom stereocenters. The zero-order chi connectivity index (χ0) is 12.5. The van der Waals surface area contributed by atoms with Crippen molar-refractivity contribution >= 4 is 21.8 Å². The summed E-state index contributed by atoms with van der Waals surface area (Å²) < 4.78 is 10.6. The second-order valence-corrected chi connectivity index (χ2v) is 5.16. The van der Waals surface area contributed by atoms with Crippen LogP contribution in [0.2, 0.25) is 0 Å². The van der Waals surface area contributed by atoms with Gasteiger partial charge in [0.15, 0.2) is 0 Å². The minimum absolute atomic E-state index is 0.100. The summed E-state index contributed by atoms with van der Waals surface area (Å²) >= 11 is 3.38. The van der Waals surface area contributed by atoms with Crippen molar-refractivity contribution in [2.75, 3.05) is 25.7 Å². The summed E-state index contributed by atoms with van der Waals surface area (Å²) in [5, 5.41) is 3.86. The Morgan fingerprint density at radius 1 is 1.65 bits per heavy atom. The first-order valence-corrected chi connectivity index (χ1v) is 7.34. The predicted octanol–water partition coefficient (Wildman–Crippen LogP) is 1.86. The van der Waals surface area contributed by atoms with E-state index in [1.54, 1.807) is 7.11 Å². The Bertz CT molecular complexity index is 214. The number of halogens is 1. The molecule has 0 aromatic heterocycles. The van der Waals surface area contributed by atoms with Crippen LogP contribution in [0.15, 0.2) is 0 Å². The largest absolute Gasteiger partial charge is 0.383 e. The van der Waals surface area contributed by atoms with E-state index in [4.69, 9.17) is 9.47 Å². The monoisotopic (exact) mass is 307 g/mol. The molecule has 1 saturated heterocycles. The number of alkyl halides is 1. The summed E-state index contributed by atoms with van der Waals surface area (Å²) in [6.07, 6.45) is 4.78. The van der Waals surface area contributed by atoms with Crippen LogP contribution in [0.1, 0.15) is 32.1 Å². The molecule has 1 amide bonds. The van der Waals surface area contributed by atoms with Gasteiger partial charge in [-0.1, -0.05) is 15.9 Å². The van der Waals surface area contributed by atoms with Crippen molar-refractivity contribution < 1.29 is 14.3 Å². The molecular formula is C12H22BrNO3. The number of hydrogen-bond acceptors (Lipinski definition) is 3. The highest BCUT2D eigenvalue weighted by atomic mass is 79.9. The predicted molar refractivity (Wildman–Crippen MR) is 70.4 cm³/mol. The summed E-state index contributed by atoms with van der Waals surface area (Å²) in [7, 11) is 1.65. The van der Waals surface area contributed by atoms with Crippen LogP contribution < -0.4 is 5.32 Å². The Balaban J connectivity index is 2.16. The molecule has 1 aliphatic rings. The third-order valence-electron chi connectivity index (χ3n) is 2.91. The lowest BCUT2D eigenvalue weighted by Gasteiger charge is -2.17. The van der Waals surface area contributed by atoms with Crippen LogP contribution in [0.25, 0.3) is 0 Å². The van der Waals surface area contributed by atoms with E-state index in [0.717, 1.165) is 37.6 Å². The number of amides is 1. The summed E-state index contributed by atoms with van der Waals surface area (Å²) in [4.78, 5) is 11.7. The highest BCUT2D eigenvalue weighted by Crippen LogP contribution is 2.16. The van der Waals surface area contributed by atoms with E-state index in [9.17, 15) is 4.79 Å². The van der Waals surface area contributed by atoms with Gasteiger partial charge in [-0.3, -0.25) is 4.79 Å². The van der Waals surface area contributed by atoms with Gasteiger partial charge >= 0.3 is 0 Å². The Kier molecular flexibility index (Phi) is 7.81. The van der Waals surface area contributed by atoms with Gasteiger partial charge in [-0.05, 0) is 25.7 Å². The van der Waals surface area contributed by atoms with Crippen molar-refractivity contribution in [1.29, 1.82) is 0 Å². The van der Waals surface area contributed by atoms with Crippen LogP contribution in [0, 0.1) is 0 Å². The van der Waals surface area contributed by atoms with Crippen molar-refractivity contribution in [2.45, 2.75) is 44.2 Å². The normalized spacial score (nSPS) is 21.4. The van der Waals surface area contributed by atoms with Gasteiger partial charge in [0, 0.05) is 25.5 Å². The molecule has 0 aromatic rings. The number of rotatable bonds is 8. The van der Waals surface area contributed by atoms with Crippen molar-refractivity contribution in [3.8, 4) is 0 Å². The summed E-state index contributed by atoms with van der Waals surface area (Å²) in [5.74, 6) is 0.100. The molecule has 0 spiro atoms. The molecular weight excluding hydrogens is 286 g/mol. The van der Waals surface area contributed by atoms with Crippen LogP contribution in [0.5, 0.6) is 0 Å². The lowest BCUT2D eigenvalue weighted by atomic mass is 10.1. The summed E-state index contributed by atoms with van der Waals surface area (Å²) in [5.41, 5.74) is 0. The Morgan fingerprint density at radius 3 is 3.06 bits per heavy atom. The van der Waals surface area contributed by atoms with Gasteiger partial charge in [-0.2, -0.15) is 0 Å². The van der Waals surface area contributed by atoms with Crippen molar-refractivity contribution in [2.24, 2.45) is 0 Å². The second kappa shape index (κ2) is 8.89. The number of methoxy groups -OCH3 is 1. The van der Waals surface area contributed by atoms with E-state index >= 15 is 0 Å². The quantitative estimate of drug-likeness (QED) is 0.696. The molecule has 0 saturated carbocycles. The molecule has 1 N–H and O–H groups in total. The number of carbonyl (C=O) groups is 1. The van der Waals surface area contributed by atoms with E-state index in [-0.39, 0.29) is 18.1 Å². The number of ether oxygens (including phenoxy) is 2. The molecule has 1 fully saturated rings. The van der Waals surface area contributed by atoms with Crippen LogP contribution in [0.3, 0.4) is 0 Å². The summed E-state index contributed by atoms with van der Waals surface area (Å²) in [6.45, 7) is 1.42. The van der Waals surface area contributed by atoms with E-state index in [1.807, 2.05) is 0 Å². The molecule has 17 heavy (non-hydrogen) atoms. The fourth-order valence-corrected chi connectivity index (χ4v) is 2.55. The van der Waals surface area contributed by atoms with Crippen molar-refractivity contribution in [3.05, 3.63) is 0 Å². The van der Waals surface area contributed by atoms with Gasteiger partial charge in [0.2, 0.25) is 5.91 Å². The minimum Gasteiger partial charge on any atom is -0.383 e. The lowest BCUT2D eigenvalue weighted by molar-refractivity contribution is -0.122. The van der Waals surface area contributed by atoms with Gasteiger partial charge in [0.05, 0.1) is 18.8 Å². The molecule has 100 valence electrons. The molecule has 2 unspecified atom stereocenters. The van der Waals surface area contributed by atoms with Crippen LogP contribution in [-0.4, -0.2) is 43.7 Å². The molecule has 1 heterocycles. The highest BCUT2D eigenvalue weighted by molar-refractivity contribution is 9.09. The SMILES string of the molecule is COCC(CCBr)NC(=O)CCC1CCCO1. The fraction of sp³-hybridized carbons (Fsp3) is 0.917. The average Bonchev–Trinajstić information content (AvgIpc) is 2.80. The van der Waals surface area contributed by atoms with Crippen molar-refractivity contribution in [1.82, 2.24) is 5.32 Å². The van der Waals surface area contributed by atoms with Gasteiger partial charge in [-0.25, -0.2) is 0 Å². The maximum Gasteiger partial charge on any atom is 0.220 e. The second-order valence-electron chi connectivity index (χ2n) is 4.37. The number of nitrogens with one attached hydrogen (secondary N) is 1. The van der Waals surface area contributed by atoms with Gasteiger partial charge in [0.1, 0.15) is 0 Å². The Labute approximate surface area is 112 Å². The average molecular weight is 308 g/mol. The molecule has 0 aromatic carbocycles. The molecule has 0 bridgehead atoms. The first-order valence-electron chi connectivity index (χ1n) is 6.22. The maximum absolute atomic E-state index is 11.7. The zero-order valence-corrected chi connectivity index (χ0v) is 12.0. The molecule has 5 heteroatoms. The smallest absolute Gasteiger partial charge is 0.220 e. The molecule has 1 aliphatic heterocycles. The third-order valence-corrected chi connectivity index (χ3v) is 3.37. The van der Waals surface area contributed by atoms with Crippen LogP contribution >= 0.6 is 15.9 Å². The van der Waals surface area contributed by atoms with Gasteiger partial charge in [-0.15, -0.1) is 0 Å². The lowest BCUT2D eigenvalue weighted by Crippen LogP contribution is -2.38. The fourth-order valence-electron chi connectivity index (χ4n) is 1.99. The molecule has 1 rings (SSSR count). The Morgan fingerprint density at radius 2 is 2.47 bits per heavy atom. The van der Waals surface area contributed by atoms with Crippen molar-refractivity contribution in [3.63, 3.8) is 0 Å². The first-order chi connectivity index (χ1) is 8.26. The van der Waals surface area contributed by atoms with E-state index in [1.165, 1.54) is 0 Å². The number of hydrogen-bond donors (Lipinski definition) is 1. The van der Waals surface area contributed by atoms with Crippen LogP contribution in [-0.2, 0) is 14.3 Å². The van der Waals surface area contributed by atoms with E-state index < -0.39 is 0 Å². The standard InChI is InChI=1S/C12H22BrNO3/c1-16-9-10(6-7-13)14-12(15)5-4-11-3-2-8-17-11/h10-11H,2-9H2,1H3,(H,14,15). The van der Waals surface area contributed by atoms with Gasteiger partial charge in [0.25, 0.3) is 0 Å². The first kappa shape index (κ1) is 14.9. The third kappa shape index (κ3) is 6.38. The molecule has 4 nitrogen and oxygen atoms in total. The number of carbonyl (C=O) groups excluding carboxylic acids is 1. The highest BCUT2D eigenvalue weighted by Gasteiger charge is 2.18.